The van der Waals surface area contributed by atoms with E-state index in [4.69, 9.17) is 5.11 Å². The number of rotatable bonds is 8. The van der Waals surface area contributed by atoms with E-state index in [1.807, 2.05) is 7.05 Å². The summed E-state index contributed by atoms with van der Waals surface area (Å²) in [4.78, 5) is 0. The lowest BCUT2D eigenvalue weighted by molar-refractivity contribution is 0.0879. The first-order chi connectivity index (χ1) is 13.2. The van der Waals surface area contributed by atoms with Crippen LogP contribution in [0.25, 0.3) is 10.8 Å². The van der Waals surface area contributed by atoms with Crippen molar-refractivity contribution in [3.05, 3.63) is 53.3 Å². The van der Waals surface area contributed by atoms with Gasteiger partial charge in [-0.25, -0.2) is 0 Å². The first-order valence-electron chi connectivity index (χ1n) is 9.60. The van der Waals surface area contributed by atoms with Gasteiger partial charge in [0.2, 0.25) is 5.95 Å². The van der Waals surface area contributed by atoms with E-state index in [2.05, 4.69) is 56.5 Å². The Morgan fingerprint density at radius 3 is 2.63 bits per heavy atom. The summed E-state index contributed by atoms with van der Waals surface area (Å²) in [6.45, 7) is 0.430. The monoisotopic (exact) mass is 366 g/mol. The molecule has 4 rings (SSSR count). The first kappa shape index (κ1) is 17.9. The molecule has 1 fully saturated rings. The molecular weight excluding hydrogens is 340 g/mol. The molecule has 1 aliphatic rings. The quantitative estimate of drug-likeness (QED) is 0.571. The van der Waals surface area contributed by atoms with E-state index >= 15 is 0 Å². The molecule has 0 bridgehead atoms. The predicted molar refractivity (Wildman–Crippen MR) is 106 cm³/mol. The second-order valence-corrected chi connectivity index (χ2v) is 7.28. The highest BCUT2D eigenvalue weighted by Crippen LogP contribution is 2.43. The molecule has 27 heavy (non-hydrogen) atoms. The molecule has 1 saturated carbocycles. The number of aromatic nitrogens is 3. The molecule has 0 aliphatic heterocycles. The van der Waals surface area contributed by atoms with Crippen molar-refractivity contribution in [1.29, 1.82) is 0 Å². The van der Waals surface area contributed by atoms with Crippen LogP contribution in [-0.4, -0.2) is 44.7 Å². The van der Waals surface area contributed by atoms with Gasteiger partial charge in [0.25, 0.3) is 0 Å². The molecular formula is C21H26N4O2. The zero-order valence-corrected chi connectivity index (χ0v) is 15.6. The molecule has 2 aromatic carbocycles. The third-order valence-electron chi connectivity index (χ3n) is 5.36. The Balaban J connectivity index is 1.68. The zero-order valence-electron chi connectivity index (χ0n) is 15.6. The molecule has 1 unspecified atom stereocenters. The number of aliphatic hydroxyl groups is 2. The fourth-order valence-corrected chi connectivity index (χ4v) is 3.70. The highest BCUT2D eigenvalue weighted by atomic mass is 16.3. The fourth-order valence-electron chi connectivity index (χ4n) is 3.70. The van der Waals surface area contributed by atoms with E-state index in [0.717, 1.165) is 5.82 Å². The average molecular weight is 366 g/mol. The number of benzene rings is 2. The van der Waals surface area contributed by atoms with E-state index in [0.29, 0.717) is 31.3 Å². The second-order valence-electron chi connectivity index (χ2n) is 7.28. The van der Waals surface area contributed by atoms with Crippen molar-refractivity contribution in [2.24, 2.45) is 0 Å². The van der Waals surface area contributed by atoms with Gasteiger partial charge in [0.05, 0.1) is 19.3 Å². The van der Waals surface area contributed by atoms with E-state index in [9.17, 15) is 5.11 Å². The van der Waals surface area contributed by atoms with Crippen molar-refractivity contribution in [2.45, 2.75) is 44.2 Å². The van der Waals surface area contributed by atoms with Crippen molar-refractivity contribution in [1.82, 2.24) is 14.8 Å². The molecule has 6 heteroatoms. The van der Waals surface area contributed by atoms with Crippen LogP contribution in [0.4, 0.5) is 5.95 Å². The summed E-state index contributed by atoms with van der Waals surface area (Å²) in [6.07, 6.45) is 2.87. The van der Waals surface area contributed by atoms with Crippen LogP contribution in [0.15, 0.2) is 36.4 Å². The maximum absolute atomic E-state index is 9.67. The van der Waals surface area contributed by atoms with Gasteiger partial charge >= 0.3 is 0 Å². The minimum absolute atomic E-state index is 0.236. The van der Waals surface area contributed by atoms with Gasteiger partial charge in [-0.05, 0) is 47.1 Å². The number of fused-ring (bicyclic) bond motifs is 1. The number of aryl methyl sites for hydroxylation is 1. The van der Waals surface area contributed by atoms with Crippen molar-refractivity contribution in [3.8, 4) is 0 Å². The molecule has 1 atom stereocenters. The molecule has 3 N–H and O–H groups in total. The van der Waals surface area contributed by atoms with Crippen LogP contribution in [0.2, 0.25) is 0 Å². The summed E-state index contributed by atoms with van der Waals surface area (Å²) in [5, 5.41) is 33.0. The van der Waals surface area contributed by atoms with Gasteiger partial charge in [-0.1, -0.05) is 36.4 Å². The van der Waals surface area contributed by atoms with Crippen molar-refractivity contribution < 1.29 is 10.2 Å². The highest BCUT2D eigenvalue weighted by molar-refractivity contribution is 5.89. The van der Waals surface area contributed by atoms with Crippen LogP contribution >= 0.6 is 0 Å². The van der Waals surface area contributed by atoms with Gasteiger partial charge in [0.1, 0.15) is 5.82 Å². The Hall–Kier alpha value is -2.44. The second kappa shape index (κ2) is 7.66. The molecule has 0 amide bonds. The molecule has 142 valence electrons. The Morgan fingerprint density at radius 2 is 1.93 bits per heavy atom. The SMILES string of the molecule is CNc1nnc(CCC(O)CO)n1Cc1ccc(C2CC2)c2ccccc12. The lowest BCUT2D eigenvalue weighted by Gasteiger charge is -2.15. The number of nitrogens with one attached hydrogen (secondary N) is 1. The van der Waals surface area contributed by atoms with E-state index < -0.39 is 6.10 Å². The van der Waals surface area contributed by atoms with Crippen molar-refractivity contribution in [3.63, 3.8) is 0 Å². The van der Waals surface area contributed by atoms with Crippen LogP contribution in [0, 0.1) is 0 Å². The van der Waals surface area contributed by atoms with Gasteiger partial charge in [-0.3, -0.25) is 4.57 Å². The van der Waals surface area contributed by atoms with Crippen LogP contribution < -0.4 is 5.32 Å². The molecule has 1 aromatic heterocycles. The molecule has 0 radical (unpaired) electrons. The molecule has 0 saturated heterocycles. The standard InChI is InChI=1S/C21H26N4O2/c1-22-21-24-23-20(11-9-16(27)13-26)25(21)12-15-8-10-18(14-6-7-14)19-5-3-2-4-17(15)19/h2-5,8,10,14,16,26-27H,6-7,9,11-13H2,1H3,(H,22,24). The Bertz CT molecular complexity index is 933. The Morgan fingerprint density at radius 1 is 1.15 bits per heavy atom. The summed E-state index contributed by atoms with van der Waals surface area (Å²) in [6, 6.07) is 13.1. The van der Waals surface area contributed by atoms with Gasteiger partial charge in [-0.15, -0.1) is 10.2 Å². The summed E-state index contributed by atoms with van der Waals surface area (Å²) in [5.74, 6) is 2.23. The number of aliphatic hydroxyl groups excluding tert-OH is 2. The maximum atomic E-state index is 9.67. The minimum Gasteiger partial charge on any atom is -0.394 e. The van der Waals surface area contributed by atoms with Gasteiger partial charge < -0.3 is 15.5 Å². The molecule has 0 spiro atoms. The van der Waals surface area contributed by atoms with Gasteiger partial charge in [-0.2, -0.15) is 0 Å². The summed E-state index contributed by atoms with van der Waals surface area (Å²) in [5.41, 5.74) is 2.69. The Labute approximate surface area is 158 Å². The minimum atomic E-state index is -0.730. The molecule has 1 aliphatic carbocycles. The third kappa shape index (κ3) is 3.68. The third-order valence-corrected chi connectivity index (χ3v) is 5.36. The lowest BCUT2D eigenvalue weighted by Crippen LogP contribution is -2.15. The van der Waals surface area contributed by atoms with E-state index in [1.165, 1.54) is 34.7 Å². The molecule has 6 nitrogen and oxygen atoms in total. The zero-order chi connectivity index (χ0) is 18.8. The van der Waals surface area contributed by atoms with Gasteiger partial charge in [0, 0.05) is 13.5 Å². The average Bonchev–Trinajstić information content (AvgIpc) is 3.48. The summed E-state index contributed by atoms with van der Waals surface area (Å²) < 4.78 is 2.06. The fraction of sp³-hybridized carbons (Fsp3) is 0.429. The largest absolute Gasteiger partial charge is 0.394 e. The molecule has 1 heterocycles. The number of hydrogen-bond donors (Lipinski definition) is 3. The highest BCUT2D eigenvalue weighted by Gasteiger charge is 2.25. The number of anilines is 1. The topological polar surface area (TPSA) is 83.2 Å². The molecule has 3 aromatic rings. The predicted octanol–water partition coefficient (Wildman–Crippen LogP) is 2.68. The summed E-state index contributed by atoms with van der Waals surface area (Å²) >= 11 is 0. The van der Waals surface area contributed by atoms with E-state index in [1.54, 1.807) is 0 Å². The Kier molecular flexibility index (Phi) is 5.09. The van der Waals surface area contributed by atoms with Crippen LogP contribution in [0.3, 0.4) is 0 Å². The normalized spacial score (nSPS) is 15.2. The van der Waals surface area contributed by atoms with Gasteiger partial charge in [0.15, 0.2) is 0 Å². The summed E-state index contributed by atoms with van der Waals surface area (Å²) in [7, 11) is 1.83. The number of nitrogens with zero attached hydrogens (tertiary/aromatic N) is 3. The van der Waals surface area contributed by atoms with Crippen molar-refractivity contribution >= 4 is 16.7 Å². The maximum Gasteiger partial charge on any atom is 0.224 e. The van der Waals surface area contributed by atoms with Crippen molar-refractivity contribution in [2.75, 3.05) is 19.0 Å². The van der Waals surface area contributed by atoms with Crippen LogP contribution in [-0.2, 0) is 13.0 Å². The lowest BCUT2D eigenvalue weighted by atomic mass is 9.97. The smallest absolute Gasteiger partial charge is 0.224 e. The van der Waals surface area contributed by atoms with Crippen LogP contribution in [0.5, 0.6) is 0 Å². The van der Waals surface area contributed by atoms with E-state index in [-0.39, 0.29) is 6.61 Å². The number of hydrogen-bond acceptors (Lipinski definition) is 5. The first-order valence-corrected chi connectivity index (χ1v) is 9.60. The van der Waals surface area contributed by atoms with Crippen LogP contribution in [0.1, 0.15) is 42.1 Å².